The number of carbonyl (C=O) groups is 2. The molecule has 0 bridgehead atoms. The zero-order valence-electron chi connectivity index (χ0n) is 20.4. The second-order valence-corrected chi connectivity index (χ2v) is 9.98. The first-order valence-electron chi connectivity index (χ1n) is 11.9. The minimum absolute atomic E-state index is 0.0252. The SMILES string of the molecule is C=CC(=O)N1CC2(C1)CN(c1nc(NC(CC(=O)NC)CC(C)C)c3ccccc3n1)CC2(F)F. The fraction of sp³-hybridized carbons (Fsp3) is 0.520. The van der Waals surface area contributed by atoms with Gasteiger partial charge in [-0.2, -0.15) is 4.98 Å². The van der Waals surface area contributed by atoms with E-state index in [1.54, 1.807) is 7.05 Å². The minimum atomic E-state index is -2.99. The van der Waals surface area contributed by atoms with Crippen molar-refractivity contribution in [2.75, 3.05) is 43.4 Å². The predicted octanol–water partition coefficient (Wildman–Crippen LogP) is 3.06. The molecule has 1 spiro atoms. The Morgan fingerprint density at radius 1 is 1.17 bits per heavy atom. The highest BCUT2D eigenvalue weighted by atomic mass is 19.3. The molecule has 2 aliphatic heterocycles. The lowest BCUT2D eigenvalue weighted by Gasteiger charge is -2.49. The topological polar surface area (TPSA) is 90.5 Å². The third-order valence-corrected chi connectivity index (χ3v) is 6.81. The molecule has 1 unspecified atom stereocenters. The van der Waals surface area contributed by atoms with Gasteiger partial charge in [0, 0.05) is 44.5 Å². The third-order valence-electron chi connectivity index (χ3n) is 6.81. The molecule has 2 amide bonds. The number of likely N-dealkylation sites (tertiary alicyclic amines) is 1. The predicted molar refractivity (Wildman–Crippen MR) is 131 cm³/mol. The van der Waals surface area contributed by atoms with E-state index in [0.717, 1.165) is 17.9 Å². The summed E-state index contributed by atoms with van der Waals surface area (Å²) in [5.41, 5.74) is -0.696. The smallest absolute Gasteiger partial charge is 0.275 e. The van der Waals surface area contributed by atoms with Crippen molar-refractivity contribution in [2.45, 2.75) is 38.7 Å². The van der Waals surface area contributed by atoms with Crippen molar-refractivity contribution in [1.29, 1.82) is 0 Å². The van der Waals surface area contributed by atoms with Crippen LogP contribution in [0.2, 0.25) is 0 Å². The number of benzene rings is 1. The molecular weight excluding hydrogens is 454 g/mol. The van der Waals surface area contributed by atoms with Gasteiger partial charge in [-0.1, -0.05) is 32.6 Å². The summed E-state index contributed by atoms with van der Waals surface area (Å²) in [6, 6.07) is 7.21. The molecule has 8 nitrogen and oxygen atoms in total. The van der Waals surface area contributed by atoms with E-state index in [1.165, 1.54) is 9.80 Å². The molecule has 2 fully saturated rings. The molecule has 1 aromatic carbocycles. The Kier molecular flexibility index (Phi) is 6.66. The molecular formula is C25H32F2N6O2. The van der Waals surface area contributed by atoms with Crippen LogP contribution in [0, 0.1) is 11.3 Å². The molecule has 188 valence electrons. The quantitative estimate of drug-likeness (QED) is 0.558. The molecule has 2 saturated heterocycles. The van der Waals surface area contributed by atoms with Crippen molar-refractivity contribution >= 4 is 34.5 Å². The minimum Gasteiger partial charge on any atom is -0.366 e. The number of aromatic nitrogens is 2. The average Bonchev–Trinajstić information content (AvgIpc) is 3.08. The van der Waals surface area contributed by atoms with Gasteiger partial charge in [-0.15, -0.1) is 0 Å². The van der Waals surface area contributed by atoms with E-state index in [9.17, 15) is 9.59 Å². The number of hydrogen-bond acceptors (Lipinski definition) is 6. The average molecular weight is 487 g/mol. The molecule has 1 aromatic heterocycles. The molecule has 35 heavy (non-hydrogen) atoms. The third kappa shape index (κ3) is 4.78. The second-order valence-electron chi connectivity index (χ2n) is 9.98. The Hall–Kier alpha value is -3.30. The molecule has 0 saturated carbocycles. The fourth-order valence-corrected chi connectivity index (χ4v) is 4.98. The Labute approximate surface area is 203 Å². The van der Waals surface area contributed by atoms with Crippen LogP contribution >= 0.6 is 0 Å². The molecule has 2 aromatic rings. The molecule has 2 aliphatic rings. The summed E-state index contributed by atoms with van der Waals surface area (Å²) in [5, 5.41) is 6.81. The summed E-state index contributed by atoms with van der Waals surface area (Å²) in [4.78, 5) is 36.1. The van der Waals surface area contributed by atoms with Crippen molar-refractivity contribution in [1.82, 2.24) is 20.2 Å². The van der Waals surface area contributed by atoms with Crippen LogP contribution in [0.5, 0.6) is 0 Å². The van der Waals surface area contributed by atoms with Crippen LogP contribution < -0.4 is 15.5 Å². The van der Waals surface area contributed by atoms with E-state index >= 15 is 8.78 Å². The van der Waals surface area contributed by atoms with Crippen molar-refractivity contribution in [3.8, 4) is 0 Å². The Morgan fingerprint density at radius 2 is 1.89 bits per heavy atom. The molecule has 0 radical (unpaired) electrons. The van der Waals surface area contributed by atoms with Crippen LogP contribution in [-0.2, 0) is 9.59 Å². The maximum Gasteiger partial charge on any atom is 0.275 e. The number of rotatable bonds is 8. The van der Waals surface area contributed by atoms with Gasteiger partial charge in [-0.05, 0) is 30.5 Å². The molecule has 2 N–H and O–H groups in total. The number of anilines is 2. The monoisotopic (exact) mass is 486 g/mol. The van der Waals surface area contributed by atoms with Crippen LogP contribution in [-0.4, -0.2) is 71.9 Å². The maximum atomic E-state index is 15.2. The van der Waals surface area contributed by atoms with Crippen molar-refractivity contribution in [3.63, 3.8) is 0 Å². The maximum absolute atomic E-state index is 15.2. The largest absolute Gasteiger partial charge is 0.366 e. The first-order valence-corrected chi connectivity index (χ1v) is 11.9. The lowest BCUT2D eigenvalue weighted by Crippen LogP contribution is -2.65. The molecule has 0 aliphatic carbocycles. The van der Waals surface area contributed by atoms with Crippen LogP contribution in [0.15, 0.2) is 36.9 Å². The lowest BCUT2D eigenvalue weighted by atomic mass is 9.76. The summed E-state index contributed by atoms with van der Waals surface area (Å²) in [5.74, 6) is -2.37. The van der Waals surface area contributed by atoms with Crippen LogP contribution in [0.4, 0.5) is 20.5 Å². The van der Waals surface area contributed by atoms with Gasteiger partial charge >= 0.3 is 0 Å². The number of carbonyl (C=O) groups excluding carboxylic acids is 2. The Balaban J connectivity index is 1.64. The van der Waals surface area contributed by atoms with E-state index in [1.807, 2.05) is 24.3 Å². The number of halogens is 2. The molecule has 10 heteroatoms. The van der Waals surface area contributed by atoms with Gasteiger partial charge in [0.1, 0.15) is 5.82 Å². The van der Waals surface area contributed by atoms with Crippen LogP contribution in [0.25, 0.3) is 10.9 Å². The highest BCUT2D eigenvalue weighted by molar-refractivity contribution is 5.90. The number of amides is 2. The summed E-state index contributed by atoms with van der Waals surface area (Å²) < 4.78 is 30.3. The van der Waals surface area contributed by atoms with Crippen LogP contribution in [0.1, 0.15) is 26.7 Å². The summed E-state index contributed by atoms with van der Waals surface area (Å²) in [6.45, 7) is 7.07. The van der Waals surface area contributed by atoms with Crippen molar-refractivity contribution in [3.05, 3.63) is 36.9 Å². The van der Waals surface area contributed by atoms with E-state index in [-0.39, 0.29) is 49.9 Å². The zero-order chi connectivity index (χ0) is 25.4. The standard InChI is InChI=1S/C25H32F2N6O2/c1-5-21(35)32-12-24(13-32)14-33(15-25(24,26)27)23-30-19-9-7-6-8-18(19)22(31-23)29-17(10-16(2)3)11-20(34)28-4/h5-9,16-17H,1,10-15H2,2-4H3,(H,28,34)(H,29,30,31). The number of nitrogens with one attached hydrogen (secondary N) is 2. The summed E-state index contributed by atoms with van der Waals surface area (Å²) >= 11 is 0. The summed E-state index contributed by atoms with van der Waals surface area (Å²) in [7, 11) is 1.60. The van der Waals surface area contributed by atoms with E-state index < -0.39 is 17.9 Å². The number of hydrogen-bond donors (Lipinski definition) is 2. The Bertz CT molecular complexity index is 1130. The zero-order valence-corrected chi connectivity index (χ0v) is 20.4. The first kappa shape index (κ1) is 24.8. The van der Waals surface area contributed by atoms with E-state index in [2.05, 4.69) is 41.0 Å². The van der Waals surface area contributed by atoms with Crippen molar-refractivity contribution in [2.24, 2.45) is 11.3 Å². The second kappa shape index (κ2) is 9.39. The molecule has 1 atom stereocenters. The lowest BCUT2D eigenvalue weighted by molar-refractivity contribution is -0.169. The highest BCUT2D eigenvalue weighted by Gasteiger charge is 2.66. The van der Waals surface area contributed by atoms with Gasteiger partial charge in [0.25, 0.3) is 5.92 Å². The number of fused-ring (bicyclic) bond motifs is 1. The molecule has 3 heterocycles. The van der Waals surface area contributed by atoms with Gasteiger partial charge < -0.3 is 20.4 Å². The summed E-state index contributed by atoms with van der Waals surface area (Å²) in [6.07, 6.45) is 2.15. The van der Waals surface area contributed by atoms with Gasteiger partial charge in [-0.25, -0.2) is 13.8 Å². The van der Waals surface area contributed by atoms with Gasteiger partial charge in [0.15, 0.2) is 0 Å². The Morgan fingerprint density at radius 3 is 2.54 bits per heavy atom. The van der Waals surface area contributed by atoms with Gasteiger partial charge in [0.2, 0.25) is 17.8 Å². The van der Waals surface area contributed by atoms with Gasteiger partial charge in [-0.3, -0.25) is 9.59 Å². The van der Waals surface area contributed by atoms with Crippen LogP contribution in [0.3, 0.4) is 0 Å². The fourth-order valence-electron chi connectivity index (χ4n) is 4.98. The normalized spacial score (nSPS) is 19.0. The number of nitrogens with zero attached hydrogens (tertiary/aromatic N) is 4. The number of alkyl halides is 2. The van der Waals surface area contributed by atoms with Gasteiger partial charge in [0.05, 0.1) is 17.5 Å². The van der Waals surface area contributed by atoms with Crippen molar-refractivity contribution < 1.29 is 18.4 Å². The molecule has 4 rings (SSSR count). The highest BCUT2D eigenvalue weighted by Crippen LogP contribution is 2.50. The van der Waals surface area contributed by atoms with E-state index in [4.69, 9.17) is 0 Å². The number of para-hydroxylation sites is 1. The van der Waals surface area contributed by atoms with E-state index in [0.29, 0.717) is 17.3 Å². The first-order chi connectivity index (χ1) is 16.6.